The maximum atomic E-state index is 11.8. The molecule has 1 atom stereocenters. The topological polar surface area (TPSA) is 54.0 Å². The van der Waals surface area contributed by atoms with Crippen LogP contribution in [0.25, 0.3) is 0 Å². The standard InChI is InChI=1S/C10H15N3OS2/c1-7-12-4-8(16-7)5-13-10(14)9-6-15-3-2-11-9/h4,9,11H,2-3,5-6H2,1H3,(H,13,14). The fourth-order valence-electron chi connectivity index (χ4n) is 1.52. The van der Waals surface area contributed by atoms with Gasteiger partial charge in [-0.15, -0.1) is 11.3 Å². The second kappa shape index (κ2) is 5.65. The molecule has 16 heavy (non-hydrogen) atoms. The minimum Gasteiger partial charge on any atom is -0.350 e. The van der Waals surface area contributed by atoms with Gasteiger partial charge in [0, 0.05) is 29.1 Å². The largest absolute Gasteiger partial charge is 0.350 e. The quantitative estimate of drug-likeness (QED) is 0.840. The van der Waals surface area contributed by atoms with Crippen LogP contribution in [0.4, 0.5) is 0 Å². The highest BCUT2D eigenvalue weighted by Gasteiger charge is 2.20. The van der Waals surface area contributed by atoms with E-state index in [1.807, 2.05) is 24.9 Å². The highest BCUT2D eigenvalue weighted by atomic mass is 32.2. The Morgan fingerprint density at radius 1 is 1.75 bits per heavy atom. The Balaban J connectivity index is 1.78. The van der Waals surface area contributed by atoms with Crippen molar-refractivity contribution in [2.75, 3.05) is 18.1 Å². The maximum Gasteiger partial charge on any atom is 0.238 e. The van der Waals surface area contributed by atoms with E-state index in [4.69, 9.17) is 0 Å². The Morgan fingerprint density at radius 2 is 2.62 bits per heavy atom. The van der Waals surface area contributed by atoms with Crippen molar-refractivity contribution in [3.05, 3.63) is 16.1 Å². The number of carbonyl (C=O) groups is 1. The van der Waals surface area contributed by atoms with E-state index in [2.05, 4.69) is 15.6 Å². The number of carbonyl (C=O) groups excluding carboxylic acids is 1. The Morgan fingerprint density at radius 3 is 3.25 bits per heavy atom. The van der Waals surface area contributed by atoms with Crippen LogP contribution >= 0.6 is 23.1 Å². The Kier molecular flexibility index (Phi) is 4.20. The summed E-state index contributed by atoms with van der Waals surface area (Å²) in [6.07, 6.45) is 1.82. The number of aromatic nitrogens is 1. The van der Waals surface area contributed by atoms with E-state index in [0.717, 1.165) is 27.9 Å². The first kappa shape index (κ1) is 11.9. The number of rotatable bonds is 3. The number of amides is 1. The molecule has 1 saturated heterocycles. The molecule has 1 aromatic rings. The fourth-order valence-corrected chi connectivity index (χ4v) is 3.19. The van der Waals surface area contributed by atoms with Gasteiger partial charge in [0.15, 0.2) is 0 Å². The first-order valence-electron chi connectivity index (χ1n) is 5.26. The summed E-state index contributed by atoms with van der Waals surface area (Å²) >= 11 is 3.45. The summed E-state index contributed by atoms with van der Waals surface area (Å²) in [6.45, 7) is 3.48. The molecule has 1 aliphatic rings. The van der Waals surface area contributed by atoms with E-state index in [9.17, 15) is 4.79 Å². The first-order valence-corrected chi connectivity index (χ1v) is 7.23. The zero-order valence-electron chi connectivity index (χ0n) is 9.16. The molecular weight excluding hydrogens is 242 g/mol. The molecule has 1 aliphatic heterocycles. The fraction of sp³-hybridized carbons (Fsp3) is 0.600. The van der Waals surface area contributed by atoms with Crippen LogP contribution in [0.5, 0.6) is 0 Å². The van der Waals surface area contributed by atoms with Crippen LogP contribution in [0, 0.1) is 6.92 Å². The summed E-state index contributed by atoms with van der Waals surface area (Å²) in [7, 11) is 0. The first-order chi connectivity index (χ1) is 7.75. The van der Waals surface area contributed by atoms with Crippen molar-refractivity contribution in [3.8, 4) is 0 Å². The summed E-state index contributed by atoms with van der Waals surface area (Å²) in [5, 5.41) is 7.19. The van der Waals surface area contributed by atoms with Gasteiger partial charge in [0.05, 0.1) is 17.6 Å². The Labute approximate surface area is 103 Å². The van der Waals surface area contributed by atoms with Crippen LogP contribution in [0.2, 0.25) is 0 Å². The summed E-state index contributed by atoms with van der Waals surface area (Å²) in [4.78, 5) is 17.0. The molecule has 1 aromatic heterocycles. The monoisotopic (exact) mass is 257 g/mol. The molecule has 4 nitrogen and oxygen atoms in total. The van der Waals surface area contributed by atoms with E-state index < -0.39 is 0 Å². The van der Waals surface area contributed by atoms with Crippen LogP contribution in [0.15, 0.2) is 6.20 Å². The van der Waals surface area contributed by atoms with Gasteiger partial charge in [0.2, 0.25) is 5.91 Å². The number of hydrogen-bond acceptors (Lipinski definition) is 5. The molecular formula is C10H15N3OS2. The third-order valence-corrected chi connectivity index (χ3v) is 4.32. The van der Waals surface area contributed by atoms with Crippen molar-refractivity contribution < 1.29 is 4.79 Å². The predicted molar refractivity (Wildman–Crippen MR) is 67.8 cm³/mol. The molecule has 0 radical (unpaired) electrons. The van der Waals surface area contributed by atoms with E-state index in [-0.39, 0.29) is 11.9 Å². The molecule has 6 heteroatoms. The van der Waals surface area contributed by atoms with Crippen molar-refractivity contribution in [1.82, 2.24) is 15.6 Å². The number of nitrogens with zero attached hydrogens (tertiary/aromatic N) is 1. The van der Waals surface area contributed by atoms with Crippen LogP contribution in [0.3, 0.4) is 0 Å². The average molecular weight is 257 g/mol. The Bertz CT molecular complexity index is 361. The molecule has 0 bridgehead atoms. The van der Waals surface area contributed by atoms with Gasteiger partial charge < -0.3 is 10.6 Å². The van der Waals surface area contributed by atoms with Gasteiger partial charge in [0.1, 0.15) is 0 Å². The molecule has 1 fully saturated rings. The molecule has 2 rings (SSSR count). The average Bonchev–Trinajstić information content (AvgIpc) is 2.73. The van der Waals surface area contributed by atoms with Gasteiger partial charge in [-0.25, -0.2) is 4.98 Å². The molecule has 0 saturated carbocycles. The summed E-state index contributed by atoms with van der Waals surface area (Å²) in [5.41, 5.74) is 0. The van der Waals surface area contributed by atoms with E-state index in [1.165, 1.54) is 0 Å². The SMILES string of the molecule is Cc1ncc(CNC(=O)C2CSCCN2)s1. The summed E-state index contributed by atoms with van der Waals surface area (Å²) < 4.78 is 0. The molecule has 88 valence electrons. The lowest BCUT2D eigenvalue weighted by Gasteiger charge is -2.21. The van der Waals surface area contributed by atoms with Crippen molar-refractivity contribution >= 4 is 29.0 Å². The lowest BCUT2D eigenvalue weighted by atomic mass is 10.3. The van der Waals surface area contributed by atoms with Crippen molar-refractivity contribution in [2.45, 2.75) is 19.5 Å². The predicted octanol–water partition coefficient (Wildman–Crippen LogP) is 0.773. The van der Waals surface area contributed by atoms with Crippen LogP contribution in [0.1, 0.15) is 9.88 Å². The number of thioether (sulfide) groups is 1. The van der Waals surface area contributed by atoms with Crippen molar-refractivity contribution in [3.63, 3.8) is 0 Å². The van der Waals surface area contributed by atoms with Crippen molar-refractivity contribution in [1.29, 1.82) is 0 Å². The lowest BCUT2D eigenvalue weighted by Crippen LogP contribution is -2.48. The summed E-state index contributed by atoms with van der Waals surface area (Å²) in [5.74, 6) is 2.06. The number of nitrogens with one attached hydrogen (secondary N) is 2. The third-order valence-electron chi connectivity index (χ3n) is 2.34. The van der Waals surface area contributed by atoms with E-state index in [0.29, 0.717) is 6.54 Å². The Hall–Kier alpha value is -0.590. The molecule has 2 heterocycles. The second-order valence-electron chi connectivity index (χ2n) is 3.65. The smallest absolute Gasteiger partial charge is 0.238 e. The van der Waals surface area contributed by atoms with Crippen molar-refractivity contribution in [2.24, 2.45) is 0 Å². The van der Waals surface area contributed by atoms with Gasteiger partial charge in [0.25, 0.3) is 0 Å². The maximum absolute atomic E-state index is 11.8. The van der Waals surface area contributed by atoms with Crippen LogP contribution < -0.4 is 10.6 Å². The van der Waals surface area contributed by atoms with Gasteiger partial charge in [-0.1, -0.05) is 0 Å². The van der Waals surface area contributed by atoms with Gasteiger partial charge >= 0.3 is 0 Å². The second-order valence-corrected chi connectivity index (χ2v) is 6.11. The normalized spacial score (nSPS) is 20.7. The molecule has 1 unspecified atom stereocenters. The van der Waals surface area contributed by atoms with E-state index in [1.54, 1.807) is 11.3 Å². The minimum absolute atomic E-state index is 0.0345. The van der Waals surface area contributed by atoms with Gasteiger partial charge in [-0.05, 0) is 6.92 Å². The minimum atomic E-state index is -0.0345. The zero-order valence-corrected chi connectivity index (χ0v) is 10.8. The number of hydrogen-bond donors (Lipinski definition) is 2. The van der Waals surface area contributed by atoms with Gasteiger partial charge in [-0.3, -0.25) is 4.79 Å². The molecule has 0 aliphatic carbocycles. The molecule has 0 spiro atoms. The van der Waals surface area contributed by atoms with E-state index >= 15 is 0 Å². The highest BCUT2D eigenvalue weighted by Crippen LogP contribution is 2.11. The molecule has 1 amide bonds. The zero-order chi connectivity index (χ0) is 11.4. The third kappa shape index (κ3) is 3.20. The van der Waals surface area contributed by atoms with Crippen LogP contribution in [-0.4, -0.2) is 35.0 Å². The number of thiazole rings is 1. The van der Waals surface area contributed by atoms with Gasteiger partial charge in [-0.2, -0.15) is 11.8 Å². The number of aryl methyl sites for hydroxylation is 1. The molecule has 2 N–H and O–H groups in total. The highest BCUT2D eigenvalue weighted by molar-refractivity contribution is 7.99. The van der Waals surface area contributed by atoms with Crippen LogP contribution in [-0.2, 0) is 11.3 Å². The summed E-state index contributed by atoms with van der Waals surface area (Å²) in [6, 6.07) is -0.0345. The lowest BCUT2D eigenvalue weighted by molar-refractivity contribution is -0.122. The molecule has 0 aromatic carbocycles.